The minimum atomic E-state index is -2.43. The fourth-order valence-corrected chi connectivity index (χ4v) is 13.5. The first-order valence-electron chi connectivity index (χ1n) is 36.9. The monoisotopic (exact) mass is 1240 g/mol. The molecule has 15 rings (SSSR count). The summed E-state index contributed by atoms with van der Waals surface area (Å²) in [6, 6.07) is 106. The SMILES string of the molecule is [2H]c1c([2H])c([2H])c(-c2ccc(N(c3cc(-c4ccccc4)cc(-c4ccccc4)c3)c3cc(-c4cccc5c4c4ccccc4n5-c4ccccc4C([2H])([2H])[2H])cc(N(c4ccc(-c5cccc(C(C)(C)C)c5)cc4)c4c(-c5ccccc5)cc(C(C)(C)C)cc4-c4ccccc4)c3)cc2)c([2H])c1[2H]. The van der Waals surface area contributed by atoms with E-state index in [0.29, 0.717) is 11.3 Å². The van der Waals surface area contributed by atoms with Crippen LogP contribution in [0.25, 0.3) is 105 Å². The highest BCUT2D eigenvalue weighted by Gasteiger charge is 2.29. The lowest BCUT2D eigenvalue weighted by atomic mass is 9.82. The third-order valence-corrected chi connectivity index (χ3v) is 18.4. The molecular weight excluding hydrogens is 1160 g/mol. The number of nitrogens with zero attached hydrogens (tertiary/aromatic N) is 3. The molecule has 14 aromatic carbocycles. The van der Waals surface area contributed by atoms with E-state index in [-0.39, 0.29) is 34.0 Å². The molecule has 3 nitrogen and oxygen atoms in total. The minimum absolute atomic E-state index is 0.0793. The van der Waals surface area contributed by atoms with Crippen molar-refractivity contribution in [2.45, 2.75) is 59.2 Å². The largest absolute Gasteiger partial charge is 0.310 e. The molecule has 0 aliphatic rings. The first kappa shape index (κ1) is 51.9. The van der Waals surface area contributed by atoms with E-state index in [1.165, 1.54) is 5.56 Å². The van der Waals surface area contributed by atoms with E-state index in [0.717, 1.165) is 128 Å². The van der Waals surface area contributed by atoms with Gasteiger partial charge < -0.3 is 14.4 Å². The van der Waals surface area contributed by atoms with Gasteiger partial charge in [0.05, 0.1) is 23.6 Å². The van der Waals surface area contributed by atoms with Gasteiger partial charge in [0, 0.05) is 60.1 Å². The molecule has 0 amide bonds. The highest BCUT2D eigenvalue weighted by atomic mass is 15.2. The minimum Gasteiger partial charge on any atom is -0.310 e. The third-order valence-electron chi connectivity index (χ3n) is 18.4. The van der Waals surface area contributed by atoms with E-state index in [4.69, 9.17) is 11.0 Å². The Morgan fingerprint density at radius 2 is 0.760 bits per heavy atom. The Morgan fingerprint density at radius 3 is 1.34 bits per heavy atom. The Bertz CT molecular complexity index is 5570. The van der Waals surface area contributed by atoms with Crippen LogP contribution in [0, 0.1) is 6.85 Å². The van der Waals surface area contributed by atoms with Crippen LogP contribution in [0.5, 0.6) is 0 Å². The molecule has 0 fully saturated rings. The lowest BCUT2D eigenvalue weighted by Gasteiger charge is -2.34. The zero-order chi connectivity index (χ0) is 72.3. The fourth-order valence-electron chi connectivity index (χ4n) is 13.5. The van der Waals surface area contributed by atoms with E-state index in [1.807, 2.05) is 60.7 Å². The fraction of sp³-hybridized carbons (Fsp3) is 0.0968. The molecule has 1 aromatic heterocycles. The molecule has 0 spiro atoms. The van der Waals surface area contributed by atoms with E-state index in [1.54, 1.807) is 12.1 Å². The van der Waals surface area contributed by atoms with Crippen molar-refractivity contribution in [1.29, 1.82) is 0 Å². The van der Waals surface area contributed by atoms with Gasteiger partial charge in [0.25, 0.3) is 0 Å². The average molecular weight is 1240 g/mol. The number of aromatic nitrogens is 1. The highest BCUT2D eigenvalue weighted by molar-refractivity contribution is 6.16. The number of hydrogen-bond donors (Lipinski definition) is 0. The summed E-state index contributed by atoms with van der Waals surface area (Å²) < 4.78 is 73.1. The van der Waals surface area contributed by atoms with Crippen LogP contribution in [-0.4, -0.2) is 4.57 Å². The third kappa shape index (κ3) is 11.9. The second kappa shape index (κ2) is 25.4. The summed E-state index contributed by atoms with van der Waals surface area (Å²) in [7, 11) is 0. The molecule has 0 aliphatic carbocycles. The van der Waals surface area contributed by atoms with Crippen LogP contribution in [0.2, 0.25) is 0 Å². The van der Waals surface area contributed by atoms with E-state index in [2.05, 4.69) is 292 Å². The van der Waals surface area contributed by atoms with Crippen LogP contribution < -0.4 is 9.80 Å². The highest BCUT2D eigenvalue weighted by Crippen LogP contribution is 2.53. The van der Waals surface area contributed by atoms with Crippen molar-refractivity contribution in [3.05, 3.63) is 356 Å². The quantitative estimate of drug-likeness (QED) is 0.107. The molecular formula is C93H77N3. The van der Waals surface area contributed by atoms with Crippen LogP contribution in [0.1, 0.15) is 69.2 Å². The Morgan fingerprint density at radius 1 is 0.302 bits per heavy atom. The average Bonchev–Trinajstić information content (AvgIpc) is 1.52. The molecule has 0 bridgehead atoms. The van der Waals surface area contributed by atoms with Crippen LogP contribution in [0.15, 0.2) is 340 Å². The zero-order valence-electron chi connectivity index (χ0n) is 62.8. The van der Waals surface area contributed by atoms with E-state index in [9.17, 15) is 0 Å². The smallest absolute Gasteiger partial charge is 0.0629 e. The molecule has 0 unspecified atom stereocenters. The number of anilines is 6. The van der Waals surface area contributed by atoms with Gasteiger partial charge >= 0.3 is 0 Å². The molecule has 0 aliphatic heterocycles. The molecule has 15 aromatic rings. The van der Waals surface area contributed by atoms with Crippen molar-refractivity contribution in [3.8, 4) is 83.6 Å². The number of aryl methyl sites for hydroxylation is 1. The Kier molecular flexibility index (Phi) is 13.7. The summed E-state index contributed by atoms with van der Waals surface area (Å²) in [6.45, 7) is 11.1. The summed E-state index contributed by atoms with van der Waals surface area (Å²) in [5.74, 6) is 0. The normalized spacial score (nSPS) is 13.0. The Balaban J connectivity index is 1.10. The molecule has 3 heteroatoms. The van der Waals surface area contributed by atoms with Crippen LogP contribution in [-0.2, 0) is 10.8 Å². The van der Waals surface area contributed by atoms with Crippen LogP contribution in [0.3, 0.4) is 0 Å². The van der Waals surface area contributed by atoms with Gasteiger partial charge in [-0.3, -0.25) is 0 Å². The van der Waals surface area contributed by atoms with Gasteiger partial charge in [0.15, 0.2) is 0 Å². The first-order chi connectivity index (χ1) is 50.1. The van der Waals surface area contributed by atoms with Crippen molar-refractivity contribution >= 4 is 55.9 Å². The standard InChI is InChI=1S/C93H77N3/c1-64-29-23-25-44-87(64)96-88-45-26-24-42-84(88)90-83(43-28-46-89(90)96)75-59-81(94(78-51-47-68(48-52-78)65-30-13-8-14-31-65)80-57-73(66-32-15-9-16-33-66)55-74(58-80)67-34-17-10-18-35-67)63-82(60-75)95(79-53-49-69(50-54-79)72-40-27-41-76(56-72)92(2,3)4)91-85(70-36-19-11-20-37-70)61-77(93(5,6)7)62-86(91)71-38-21-12-22-39-71/h8-63H,1-7H3/i1D3,8D,13D,14D,30D,31D. The van der Waals surface area contributed by atoms with Gasteiger partial charge in [0.1, 0.15) is 0 Å². The van der Waals surface area contributed by atoms with Crippen molar-refractivity contribution in [3.63, 3.8) is 0 Å². The van der Waals surface area contributed by atoms with Crippen LogP contribution in [0.4, 0.5) is 34.1 Å². The molecule has 96 heavy (non-hydrogen) atoms. The number of fused-ring (bicyclic) bond motifs is 3. The molecule has 1 heterocycles. The van der Waals surface area contributed by atoms with E-state index < -0.39 is 25.0 Å². The topological polar surface area (TPSA) is 11.4 Å². The second-order valence-electron chi connectivity index (χ2n) is 26.8. The summed E-state index contributed by atoms with van der Waals surface area (Å²) >= 11 is 0. The molecule has 0 radical (unpaired) electrons. The van der Waals surface area contributed by atoms with Crippen molar-refractivity contribution in [1.82, 2.24) is 4.57 Å². The number of para-hydroxylation sites is 2. The summed E-state index contributed by atoms with van der Waals surface area (Å²) in [5.41, 5.74) is 22.1. The van der Waals surface area contributed by atoms with Gasteiger partial charge in [-0.05, 0) is 192 Å². The van der Waals surface area contributed by atoms with Gasteiger partial charge in [0.2, 0.25) is 0 Å². The second-order valence-corrected chi connectivity index (χ2v) is 26.8. The van der Waals surface area contributed by atoms with Crippen molar-refractivity contribution in [2.75, 3.05) is 9.80 Å². The van der Waals surface area contributed by atoms with Crippen molar-refractivity contribution < 1.29 is 11.0 Å². The van der Waals surface area contributed by atoms with Gasteiger partial charge in [-0.15, -0.1) is 0 Å². The Labute approximate surface area is 577 Å². The maximum atomic E-state index is 9.15. The molecule has 0 saturated heterocycles. The lowest BCUT2D eigenvalue weighted by molar-refractivity contribution is 0.590. The molecule has 0 atom stereocenters. The molecule has 0 N–H and O–H groups in total. The zero-order valence-corrected chi connectivity index (χ0v) is 54.8. The lowest BCUT2D eigenvalue weighted by Crippen LogP contribution is -2.17. The predicted molar refractivity (Wildman–Crippen MR) is 410 cm³/mol. The summed E-state index contributed by atoms with van der Waals surface area (Å²) in [6.07, 6.45) is 0. The summed E-state index contributed by atoms with van der Waals surface area (Å²) in [5, 5.41) is 1.86. The molecule has 464 valence electrons. The van der Waals surface area contributed by atoms with Crippen LogP contribution >= 0.6 is 0 Å². The van der Waals surface area contributed by atoms with Gasteiger partial charge in [-0.1, -0.05) is 290 Å². The number of rotatable bonds is 14. The maximum absolute atomic E-state index is 9.15. The van der Waals surface area contributed by atoms with Crippen molar-refractivity contribution in [2.24, 2.45) is 0 Å². The van der Waals surface area contributed by atoms with Gasteiger partial charge in [-0.25, -0.2) is 0 Å². The maximum Gasteiger partial charge on any atom is 0.0629 e. The number of hydrogen-bond acceptors (Lipinski definition) is 2. The molecule has 0 saturated carbocycles. The van der Waals surface area contributed by atoms with Gasteiger partial charge in [-0.2, -0.15) is 0 Å². The Hall–Kier alpha value is -11.5. The predicted octanol–water partition coefficient (Wildman–Crippen LogP) is 26.3. The summed E-state index contributed by atoms with van der Waals surface area (Å²) in [4.78, 5) is 4.71. The van der Waals surface area contributed by atoms with E-state index >= 15 is 0 Å². The first-order valence-corrected chi connectivity index (χ1v) is 32.9. The number of benzene rings is 14.